The van der Waals surface area contributed by atoms with E-state index in [1.165, 1.54) is 32.4 Å². The van der Waals surface area contributed by atoms with Crippen LogP contribution in [0.1, 0.15) is 26.2 Å². The number of rotatable bonds is 2. The van der Waals surface area contributed by atoms with Gasteiger partial charge < -0.3 is 10.1 Å². The van der Waals surface area contributed by atoms with Gasteiger partial charge in [-0.25, -0.2) is 0 Å². The molecular weight excluding hydrogens is 150 g/mol. The standard InChI is InChI=1S/C10H19NO/c1-10(7-11-8-10)6-9-2-4-12-5-3-9/h9,11H,2-8H2,1H3. The van der Waals surface area contributed by atoms with Crippen molar-refractivity contribution >= 4 is 0 Å². The van der Waals surface area contributed by atoms with Gasteiger partial charge in [-0.2, -0.15) is 0 Å². The smallest absolute Gasteiger partial charge is 0.0468 e. The molecule has 2 aliphatic rings. The Morgan fingerprint density at radius 3 is 2.50 bits per heavy atom. The first kappa shape index (κ1) is 8.52. The average molecular weight is 169 g/mol. The molecule has 2 saturated heterocycles. The predicted octanol–water partition coefficient (Wildman–Crippen LogP) is 1.41. The normalized spacial score (nSPS) is 29.8. The molecule has 0 amide bonds. The molecule has 12 heavy (non-hydrogen) atoms. The molecule has 1 N–H and O–H groups in total. The van der Waals surface area contributed by atoms with Crippen LogP contribution in [0.3, 0.4) is 0 Å². The SMILES string of the molecule is CC1(CC2CCOCC2)CNC1. The number of hydrogen-bond acceptors (Lipinski definition) is 2. The fourth-order valence-corrected chi connectivity index (χ4v) is 2.34. The van der Waals surface area contributed by atoms with Gasteiger partial charge in [-0.05, 0) is 30.6 Å². The lowest BCUT2D eigenvalue weighted by atomic mass is 9.74. The molecule has 70 valence electrons. The molecule has 2 heterocycles. The summed E-state index contributed by atoms with van der Waals surface area (Å²) in [5, 5.41) is 3.36. The monoisotopic (exact) mass is 169 g/mol. The number of ether oxygens (including phenoxy) is 1. The van der Waals surface area contributed by atoms with Crippen molar-refractivity contribution in [3.05, 3.63) is 0 Å². The number of nitrogens with one attached hydrogen (secondary N) is 1. The topological polar surface area (TPSA) is 21.3 Å². The molecular formula is C10H19NO. The van der Waals surface area contributed by atoms with Gasteiger partial charge in [0.25, 0.3) is 0 Å². The predicted molar refractivity (Wildman–Crippen MR) is 49.1 cm³/mol. The molecule has 0 aromatic carbocycles. The quantitative estimate of drug-likeness (QED) is 0.675. The zero-order valence-electron chi connectivity index (χ0n) is 7.94. The van der Waals surface area contributed by atoms with E-state index in [4.69, 9.17) is 4.74 Å². The van der Waals surface area contributed by atoms with Gasteiger partial charge in [0, 0.05) is 26.3 Å². The molecule has 0 saturated carbocycles. The summed E-state index contributed by atoms with van der Waals surface area (Å²) >= 11 is 0. The van der Waals surface area contributed by atoms with Crippen LogP contribution in [-0.4, -0.2) is 26.3 Å². The summed E-state index contributed by atoms with van der Waals surface area (Å²) in [6.07, 6.45) is 3.98. The van der Waals surface area contributed by atoms with Crippen molar-refractivity contribution in [1.29, 1.82) is 0 Å². The van der Waals surface area contributed by atoms with E-state index in [1.54, 1.807) is 0 Å². The van der Waals surface area contributed by atoms with Crippen LogP contribution >= 0.6 is 0 Å². The highest BCUT2D eigenvalue weighted by Gasteiger charge is 2.34. The van der Waals surface area contributed by atoms with Crippen LogP contribution < -0.4 is 5.32 Å². The summed E-state index contributed by atoms with van der Waals surface area (Å²) in [4.78, 5) is 0. The second kappa shape index (κ2) is 3.35. The molecule has 0 radical (unpaired) electrons. The lowest BCUT2D eigenvalue weighted by Gasteiger charge is -2.42. The molecule has 0 atom stereocenters. The summed E-state index contributed by atoms with van der Waals surface area (Å²) in [6.45, 7) is 6.84. The maximum Gasteiger partial charge on any atom is 0.0468 e. The van der Waals surface area contributed by atoms with E-state index in [9.17, 15) is 0 Å². The van der Waals surface area contributed by atoms with Crippen LogP contribution in [0.25, 0.3) is 0 Å². The van der Waals surface area contributed by atoms with Gasteiger partial charge in [0.05, 0.1) is 0 Å². The largest absolute Gasteiger partial charge is 0.381 e. The molecule has 0 spiro atoms. The van der Waals surface area contributed by atoms with Crippen LogP contribution in [0, 0.1) is 11.3 Å². The highest BCUT2D eigenvalue weighted by molar-refractivity contribution is 4.90. The van der Waals surface area contributed by atoms with Crippen LogP contribution in [0.15, 0.2) is 0 Å². The van der Waals surface area contributed by atoms with Crippen molar-refractivity contribution in [2.75, 3.05) is 26.3 Å². The average Bonchev–Trinajstić information content (AvgIpc) is 2.04. The van der Waals surface area contributed by atoms with Crippen LogP contribution in [-0.2, 0) is 4.74 Å². The lowest BCUT2D eigenvalue weighted by molar-refractivity contribution is 0.0386. The zero-order valence-corrected chi connectivity index (χ0v) is 7.94. The van der Waals surface area contributed by atoms with Gasteiger partial charge in [-0.1, -0.05) is 6.92 Å². The third-order valence-electron chi connectivity index (χ3n) is 3.23. The Morgan fingerprint density at radius 2 is 2.00 bits per heavy atom. The molecule has 0 unspecified atom stereocenters. The molecule has 2 rings (SSSR count). The summed E-state index contributed by atoms with van der Waals surface area (Å²) in [7, 11) is 0. The van der Waals surface area contributed by atoms with Gasteiger partial charge >= 0.3 is 0 Å². The highest BCUT2D eigenvalue weighted by atomic mass is 16.5. The first-order valence-corrected chi connectivity index (χ1v) is 5.07. The lowest BCUT2D eigenvalue weighted by Crippen LogP contribution is -2.52. The Kier molecular flexibility index (Phi) is 2.37. The highest BCUT2D eigenvalue weighted by Crippen LogP contribution is 2.33. The first-order valence-electron chi connectivity index (χ1n) is 5.07. The third kappa shape index (κ3) is 1.80. The van der Waals surface area contributed by atoms with Crippen molar-refractivity contribution in [3.8, 4) is 0 Å². The van der Waals surface area contributed by atoms with E-state index in [0.717, 1.165) is 19.1 Å². The fourth-order valence-electron chi connectivity index (χ4n) is 2.34. The van der Waals surface area contributed by atoms with Gasteiger partial charge in [0.1, 0.15) is 0 Å². The Labute approximate surface area is 74.7 Å². The summed E-state index contributed by atoms with van der Waals surface area (Å²) in [5.74, 6) is 0.936. The van der Waals surface area contributed by atoms with E-state index in [2.05, 4.69) is 12.2 Å². The second-order valence-electron chi connectivity index (χ2n) is 4.67. The van der Waals surface area contributed by atoms with Crippen LogP contribution in [0.2, 0.25) is 0 Å². The molecule has 0 bridgehead atoms. The summed E-state index contributed by atoms with van der Waals surface area (Å²) in [5.41, 5.74) is 0.613. The minimum absolute atomic E-state index is 0.613. The molecule has 2 heteroatoms. The molecule has 2 fully saturated rings. The molecule has 0 aromatic heterocycles. The van der Waals surface area contributed by atoms with E-state index in [0.29, 0.717) is 5.41 Å². The van der Waals surface area contributed by atoms with Crippen molar-refractivity contribution in [3.63, 3.8) is 0 Å². The van der Waals surface area contributed by atoms with Crippen molar-refractivity contribution in [1.82, 2.24) is 5.32 Å². The van der Waals surface area contributed by atoms with Gasteiger partial charge in [-0.3, -0.25) is 0 Å². The van der Waals surface area contributed by atoms with Gasteiger partial charge in [0.2, 0.25) is 0 Å². The third-order valence-corrected chi connectivity index (χ3v) is 3.23. The van der Waals surface area contributed by atoms with Crippen molar-refractivity contribution in [2.45, 2.75) is 26.2 Å². The Balaban J connectivity index is 1.77. The Morgan fingerprint density at radius 1 is 1.33 bits per heavy atom. The van der Waals surface area contributed by atoms with Crippen molar-refractivity contribution < 1.29 is 4.74 Å². The van der Waals surface area contributed by atoms with Gasteiger partial charge in [0.15, 0.2) is 0 Å². The van der Waals surface area contributed by atoms with Crippen LogP contribution in [0.4, 0.5) is 0 Å². The molecule has 0 aromatic rings. The minimum atomic E-state index is 0.613. The number of hydrogen-bond donors (Lipinski definition) is 1. The Bertz CT molecular complexity index is 148. The summed E-state index contributed by atoms with van der Waals surface area (Å²) < 4.78 is 5.35. The van der Waals surface area contributed by atoms with Crippen LogP contribution in [0.5, 0.6) is 0 Å². The fraction of sp³-hybridized carbons (Fsp3) is 1.00. The minimum Gasteiger partial charge on any atom is -0.381 e. The first-order chi connectivity index (χ1) is 5.79. The zero-order chi connectivity index (χ0) is 8.44. The molecule has 2 nitrogen and oxygen atoms in total. The van der Waals surface area contributed by atoms with Gasteiger partial charge in [-0.15, -0.1) is 0 Å². The van der Waals surface area contributed by atoms with E-state index in [1.807, 2.05) is 0 Å². The maximum atomic E-state index is 5.35. The second-order valence-corrected chi connectivity index (χ2v) is 4.67. The molecule has 2 aliphatic heterocycles. The van der Waals surface area contributed by atoms with Crippen molar-refractivity contribution in [2.24, 2.45) is 11.3 Å². The molecule has 0 aliphatic carbocycles. The maximum absolute atomic E-state index is 5.35. The Hall–Kier alpha value is -0.0800. The van der Waals surface area contributed by atoms with E-state index < -0.39 is 0 Å². The summed E-state index contributed by atoms with van der Waals surface area (Å²) in [6, 6.07) is 0. The van der Waals surface area contributed by atoms with E-state index >= 15 is 0 Å². The van der Waals surface area contributed by atoms with E-state index in [-0.39, 0.29) is 0 Å².